The maximum absolute atomic E-state index is 7.93. The maximum atomic E-state index is 7.93. The molecule has 0 aliphatic carbocycles. The summed E-state index contributed by atoms with van der Waals surface area (Å²) in [6.07, 6.45) is 9.50. The Morgan fingerprint density at radius 3 is 0.723 bits per heavy atom. The van der Waals surface area contributed by atoms with E-state index in [1.807, 2.05) is 40.0 Å². The second-order valence-electron chi connectivity index (χ2n) is 25.5. The van der Waals surface area contributed by atoms with Crippen LogP contribution >= 0.6 is 0 Å². The average molecular weight is 1470 g/mol. The van der Waals surface area contributed by atoms with E-state index in [1.165, 1.54) is 50.1 Å². The molecule has 552 valence electrons. The molecule has 0 unspecified atom stereocenters. The molecule has 0 N–H and O–H groups in total. The molecule has 14 rings (SSSR count). The summed E-state index contributed by atoms with van der Waals surface area (Å²) >= 11 is 0. The lowest BCUT2D eigenvalue weighted by Gasteiger charge is -2.18. The number of rotatable bonds is 32. The predicted octanol–water partition coefficient (Wildman–Crippen LogP) is 21.3. The van der Waals surface area contributed by atoms with Crippen molar-refractivity contribution in [2.45, 2.75) is 13.1 Å². The predicted molar refractivity (Wildman–Crippen MR) is 450 cm³/mol. The van der Waals surface area contributed by atoms with Gasteiger partial charge in [-0.25, -0.2) is 9.36 Å². The zero-order valence-electron chi connectivity index (χ0n) is 62.1. The van der Waals surface area contributed by atoms with E-state index in [9.17, 15) is 0 Å². The van der Waals surface area contributed by atoms with Crippen LogP contribution in [-0.2, 0) is 32.0 Å². The molecule has 0 saturated heterocycles. The maximum Gasteiger partial charge on any atom is 0.113 e. The second-order valence-corrected chi connectivity index (χ2v) is 25.5. The van der Waals surface area contributed by atoms with Crippen molar-refractivity contribution in [1.29, 1.82) is 0 Å². The molecular formula is C96H84N12O4. The molecule has 2 aromatic heterocycles. The molecule has 0 spiro atoms. The van der Waals surface area contributed by atoms with Gasteiger partial charge in [0.2, 0.25) is 0 Å². The highest BCUT2D eigenvalue weighted by Gasteiger charge is 2.21. The van der Waals surface area contributed by atoms with E-state index >= 15 is 0 Å². The van der Waals surface area contributed by atoms with Crippen molar-refractivity contribution < 1.29 is 18.9 Å². The van der Waals surface area contributed by atoms with Crippen molar-refractivity contribution in [3.05, 3.63) is 451 Å². The van der Waals surface area contributed by atoms with Crippen molar-refractivity contribution >= 4 is 33.4 Å². The molecule has 2 heterocycles. The quantitative estimate of drug-likeness (QED) is 0.00991. The van der Waals surface area contributed by atoms with E-state index in [2.05, 4.69) is 374 Å². The summed E-state index contributed by atoms with van der Waals surface area (Å²) in [6.45, 7) is 5.41. The smallest absolute Gasteiger partial charge is 0.113 e. The van der Waals surface area contributed by atoms with Gasteiger partial charge in [-0.05, 0) is 123 Å². The van der Waals surface area contributed by atoms with Gasteiger partial charge in [0.15, 0.2) is 0 Å². The molecule has 12 aromatic carbocycles. The fraction of sp³-hybridized carbons (Fsp3) is 0.125. The Bertz CT molecular complexity index is 5050. The van der Waals surface area contributed by atoms with Gasteiger partial charge in [0.25, 0.3) is 0 Å². The molecule has 14 aromatic rings. The lowest BCUT2D eigenvalue weighted by Crippen LogP contribution is -2.13. The lowest BCUT2D eigenvalue weighted by atomic mass is 9.85. The van der Waals surface area contributed by atoms with Crippen LogP contribution in [-0.4, -0.2) is 95.9 Å². The summed E-state index contributed by atoms with van der Waals surface area (Å²) in [5, 5.41) is 24.4. The lowest BCUT2D eigenvalue weighted by molar-refractivity contribution is 0.0402. The third-order valence-corrected chi connectivity index (χ3v) is 18.1. The molecule has 0 aliphatic rings. The normalized spacial score (nSPS) is 10.5. The van der Waals surface area contributed by atoms with Crippen LogP contribution in [0.1, 0.15) is 72.3 Å². The monoisotopic (exact) mass is 1470 g/mol. The van der Waals surface area contributed by atoms with Crippen LogP contribution in [0.25, 0.3) is 76.8 Å². The summed E-state index contributed by atoms with van der Waals surface area (Å²) in [6, 6.07) is 121. The van der Waals surface area contributed by atoms with Crippen LogP contribution in [0.5, 0.6) is 0 Å². The van der Waals surface area contributed by atoms with E-state index in [0.717, 1.165) is 78.1 Å². The van der Waals surface area contributed by atoms with E-state index < -0.39 is 0 Å². The van der Waals surface area contributed by atoms with Gasteiger partial charge in [-0.1, -0.05) is 360 Å². The first-order valence-electron chi connectivity index (χ1n) is 37.2. The minimum atomic E-state index is 0.329. The SMILES string of the molecule is C#Cc1ccc(C(=C(c2ccccc2)c2ccccc2)c2ccccc2)cc1.[N-]=[N+]=NCCOCCOCCN=[N+]=[N-].c1ccc(C(=C(c2ccccc2)c2ccc(-c3cn(CCOCCOCCn4cc(-c5ccc(C(=C(c6ccccc6)c6ccccc6)c6ccccc6)cc5)nn4)nn3)cc2)c2ccccc2)cc1. The van der Waals surface area contributed by atoms with Gasteiger partial charge in [-0.15, -0.1) is 16.6 Å². The number of aromatic nitrogens is 6. The molecule has 0 radical (unpaired) electrons. The molecule has 0 fully saturated rings. The Labute approximate surface area is 654 Å². The topological polar surface area (TPSA) is 196 Å². The first-order chi connectivity index (χ1) is 55.5. The van der Waals surface area contributed by atoms with Gasteiger partial charge in [-0.2, -0.15) is 0 Å². The van der Waals surface area contributed by atoms with E-state index in [1.54, 1.807) is 0 Å². The van der Waals surface area contributed by atoms with Crippen LogP contribution in [0, 0.1) is 12.3 Å². The van der Waals surface area contributed by atoms with Crippen molar-refractivity contribution in [2.75, 3.05) is 65.9 Å². The average Bonchev–Trinajstić information content (AvgIpc) is 0.831. The van der Waals surface area contributed by atoms with Gasteiger partial charge >= 0.3 is 0 Å². The second kappa shape index (κ2) is 42.6. The minimum absolute atomic E-state index is 0.329. The first-order valence-corrected chi connectivity index (χ1v) is 37.2. The fourth-order valence-corrected chi connectivity index (χ4v) is 12.9. The summed E-state index contributed by atoms with van der Waals surface area (Å²) in [7, 11) is 0. The van der Waals surface area contributed by atoms with Crippen LogP contribution in [0.4, 0.5) is 0 Å². The molecule has 0 amide bonds. The zero-order chi connectivity index (χ0) is 76.8. The van der Waals surface area contributed by atoms with Crippen LogP contribution in [0.3, 0.4) is 0 Å². The number of hydrogen-bond donors (Lipinski definition) is 0. The Hall–Kier alpha value is -13.8. The van der Waals surface area contributed by atoms with Gasteiger partial charge in [0.05, 0.1) is 78.3 Å². The van der Waals surface area contributed by atoms with Crippen LogP contribution < -0.4 is 0 Å². The Kier molecular flexibility index (Phi) is 29.6. The summed E-state index contributed by atoms with van der Waals surface area (Å²) in [4.78, 5) is 5.14. The number of terminal acetylenes is 1. The highest BCUT2D eigenvalue weighted by molar-refractivity contribution is 6.07. The number of azide groups is 2. The van der Waals surface area contributed by atoms with E-state index in [4.69, 9.17) is 36.4 Å². The largest absolute Gasteiger partial charge is 0.379 e. The zero-order valence-corrected chi connectivity index (χ0v) is 62.1. The molecule has 0 aliphatic heterocycles. The van der Waals surface area contributed by atoms with Crippen LogP contribution in [0.2, 0.25) is 0 Å². The van der Waals surface area contributed by atoms with Crippen molar-refractivity contribution in [1.82, 2.24) is 30.0 Å². The molecule has 0 saturated carbocycles. The number of hydrogen-bond acceptors (Lipinski definition) is 10. The molecule has 16 nitrogen and oxygen atoms in total. The Morgan fingerprint density at radius 2 is 0.500 bits per heavy atom. The summed E-state index contributed by atoms with van der Waals surface area (Å²) < 4.78 is 25.6. The molecule has 16 heteroatoms. The Morgan fingerprint density at radius 1 is 0.286 bits per heavy atom. The highest BCUT2D eigenvalue weighted by atomic mass is 16.5. The van der Waals surface area contributed by atoms with Gasteiger partial charge < -0.3 is 18.9 Å². The van der Waals surface area contributed by atoms with E-state index in [0.29, 0.717) is 79.0 Å². The van der Waals surface area contributed by atoms with Crippen LogP contribution in [0.15, 0.2) is 368 Å². The van der Waals surface area contributed by atoms with Gasteiger partial charge in [0, 0.05) is 39.6 Å². The van der Waals surface area contributed by atoms with Crippen molar-refractivity contribution in [2.24, 2.45) is 10.2 Å². The van der Waals surface area contributed by atoms with Gasteiger partial charge in [0.1, 0.15) is 11.4 Å². The number of ether oxygens (including phenoxy) is 4. The summed E-state index contributed by atoms with van der Waals surface area (Å²) in [5.74, 6) is 2.71. The van der Waals surface area contributed by atoms with Crippen molar-refractivity contribution in [3.8, 4) is 34.9 Å². The first kappa shape index (κ1) is 77.8. The number of nitrogens with zero attached hydrogens (tertiary/aromatic N) is 12. The molecular weight excluding hydrogens is 1390 g/mol. The summed E-state index contributed by atoms with van der Waals surface area (Å²) in [5.41, 5.74) is 41.4. The van der Waals surface area contributed by atoms with Crippen molar-refractivity contribution in [3.63, 3.8) is 0 Å². The standard InChI is InChI=1S/C62H52N6O2.C28H20.C6H12N6O2/c1-7-19-49(20-8-1)59(50-21-9-2-10-22-50)61(53-27-15-5-16-28-53)55-35-31-47(32-36-55)57-45-67(65-63-57)39-41-69-43-44-70-42-40-68-46-58(64-66-68)48-33-37-56(38-34-48)62(54-29-17-6-18-30-54)60(51-23-11-3-12-24-51)52-25-13-4-14-26-52;1-2-22-18-20-26(21-19-22)28(25-16-10-5-11-17-25)27(23-12-6-3-7-13-23)24-14-8-4-9-15-24;7-11-9-1-3-13-5-6-14-4-2-10-12-8/h1-38,45-46H,39-44H2;1,3-21H;1-6H2. The highest BCUT2D eigenvalue weighted by Crippen LogP contribution is 2.41. The minimum Gasteiger partial charge on any atom is -0.379 e. The third-order valence-electron chi connectivity index (χ3n) is 18.1. The van der Waals surface area contributed by atoms with Gasteiger partial charge in [-0.3, -0.25) is 0 Å². The fourth-order valence-electron chi connectivity index (χ4n) is 12.9. The molecule has 0 atom stereocenters. The molecule has 0 bridgehead atoms. The number of benzene rings is 12. The third kappa shape index (κ3) is 22.2. The van der Waals surface area contributed by atoms with E-state index in [-0.39, 0.29) is 0 Å². The molecule has 112 heavy (non-hydrogen) atoms. The Balaban J connectivity index is 0.000000225.